The summed E-state index contributed by atoms with van der Waals surface area (Å²) in [5.41, 5.74) is -0.606. The van der Waals surface area contributed by atoms with Gasteiger partial charge in [-0.15, -0.1) is 0 Å². The number of benzene rings is 1. The van der Waals surface area contributed by atoms with Crippen molar-refractivity contribution in [1.82, 2.24) is 0 Å². The van der Waals surface area contributed by atoms with Gasteiger partial charge in [0.25, 0.3) is 5.78 Å². The van der Waals surface area contributed by atoms with Gasteiger partial charge in [-0.3, -0.25) is 9.59 Å². The van der Waals surface area contributed by atoms with Crippen LogP contribution in [0.4, 0.5) is 0 Å². The summed E-state index contributed by atoms with van der Waals surface area (Å²) in [5, 5.41) is 0. The van der Waals surface area contributed by atoms with Crippen molar-refractivity contribution in [3.05, 3.63) is 28.8 Å². The van der Waals surface area contributed by atoms with Crippen LogP contribution in [0.25, 0.3) is 0 Å². The molecule has 0 unspecified atom stereocenters. The first-order chi connectivity index (χ1) is 17.6. The molecule has 1 aromatic rings. The molecular formula is C27H32O10. The predicted octanol–water partition coefficient (Wildman–Crippen LogP) is 3.19. The lowest BCUT2D eigenvalue weighted by atomic mass is 9.63. The normalized spacial score (nSPS) is 27.3. The first kappa shape index (κ1) is 26.5. The van der Waals surface area contributed by atoms with E-state index in [1.165, 1.54) is 13.2 Å². The Morgan fingerprint density at radius 1 is 1.11 bits per heavy atom. The fourth-order valence-electron chi connectivity index (χ4n) is 5.18. The number of ether oxygens (including phenoxy) is 6. The van der Waals surface area contributed by atoms with Gasteiger partial charge in [0, 0.05) is 23.1 Å². The van der Waals surface area contributed by atoms with Crippen molar-refractivity contribution in [1.29, 1.82) is 0 Å². The van der Waals surface area contributed by atoms with Gasteiger partial charge in [0.05, 0.1) is 20.1 Å². The molecule has 10 nitrogen and oxygen atoms in total. The summed E-state index contributed by atoms with van der Waals surface area (Å²) >= 11 is 0. The van der Waals surface area contributed by atoms with E-state index in [-0.39, 0.29) is 55.0 Å². The molecule has 1 aliphatic carbocycles. The van der Waals surface area contributed by atoms with Crippen LogP contribution in [0.3, 0.4) is 0 Å². The summed E-state index contributed by atoms with van der Waals surface area (Å²) in [7, 11) is 2.35. The molecule has 0 saturated heterocycles. The lowest BCUT2D eigenvalue weighted by Crippen LogP contribution is -2.47. The Kier molecular flexibility index (Phi) is 7.21. The second kappa shape index (κ2) is 10.1. The average Bonchev–Trinajstić information content (AvgIpc) is 3.53. The Labute approximate surface area is 215 Å². The first-order valence-electron chi connectivity index (χ1n) is 12.3. The van der Waals surface area contributed by atoms with E-state index in [4.69, 9.17) is 28.4 Å². The van der Waals surface area contributed by atoms with E-state index in [0.717, 1.165) is 7.11 Å². The highest BCUT2D eigenvalue weighted by atomic mass is 16.7. The molecule has 4 rings (SSSR count). The van der Waals surface area contributed by atoms with Gasteiger partial charge in [0.15, 0.2) is 11.5 Å². The molecule has 1 aromatic carbocycles. The second-order valence-corrected chi connectivity index (χ2v) is 9.82. The summed E-state index contributed by atoms with van der Waals surface area (Å²) in [6.07, 6.45) is 1.27. The van der Waals surface area contributed by atoms with Crippen molar-refractivity contribution < 1.29 is 47.6 Å². The van der Waals surface area contributed by atoms with Crippen molar-refractivity contribution in [2.24, 2.45) is 17.8 Å². The third kappa shape index (κ3) is 4.22. The van der Waals surface area contributed by atoms with E-state index in [2.05, 4.69) is 0 Å². The van der Waals surface area contributed by atoms with Gasteiger partial charge >= 0.3 is 17.9 Å². The number of esters is 3. The Morgan fingerprint density at radius 2 is 1.84 bits per heavy atom. The molecule has 0 bridgehead atoms. The molecule has 0 spiro atoms. The topological polar surface area (TPSA) is 124 Å². The number of rotatable bonds is 6. The fourth-order valence-corrected chi connectivity index (χ4v) is 5.18. The number of carbonyl (C=O) groups is 4. The minimum absolute atomic E-state index is 0.0688. The van der Waals surface area contributed by atoms with E-state index in [9.17, 15) is 19.2 Å². The van der Waals surface area contributed by atoms with Crippen LogP contribution in [0, 0.1) is 17.8 Å². The third-order valence-electron chi connectivity index (χ3n) is 7.79. The summed E-state index contributed by atoms with van der Waals surface area (Å²) in [6, 6.07) is 1.67. The largest absolute Gasteiger partial charge is 0.487 e. The molecule has 0 fully saturated rings. The number of fused-ring (bicyclic) bond motifs is 2. The molecule has 2 heterocycles. The predicted molar refractivity (Wildman–Crippen MR) is 128 cm³/mol. The van der Waals surface area contributed by atoms with Gasteiger partial charge < -0.3 is 28.4 Å². The Balaban J connectivity index is 2.06. The molecule has 37 heavy (non-hydrogen) atoms. The third-order valence-corrected chi connectivity index (χ3v) is 7.79. The van der Waals surface area contributed by atoms with Gasteiger partial charge in [0.1, 0.15) is 18.1 Å². The van der Waals surface area contributed by atoms with Crippen molar-refractivity contribution >= 4 is 23.7 Å². The molecule has 200 valence electrons. The van der Waals surface area contributed by atoms with Gasteiger partial charge in [0.2, 0.25) is 12.5 Å². The quantitative estimate of drug-likeness (QED) is 0.241. The summed E-state index contributed by atoms with van der Waals surface area (Å²) in [5.74, 6) is -2.96. The van der Waals surface area contributed by atoms with Crippen molar-refractivity contribution in [3.8, 4) is 17.2 Å². The van der Waals surface area contributed by atoms with Crippen LogP contribution in [0.15, 0.2) is 17.7 Å². The monoisotopic (exact) mass is 516 g/mol. The number of methoxy groups -OCH3 is 2. The SMILES string of the molecule is CC[C@@H](C)C(=O)O[C@H]1c2cc3c(c4c2[C@@](C(=O)C(=O)OC)(CO4)C(=CC(=O)OC)C[C@@H](C)[C@H]1C)OCO3. The summed E-state index contributed by atoms with van der Waals surface area (Å²) in [6.45, 7) is 7.21. The maximum atomic E-state index is 13.9. The van der Waals surface area contributed by atoms with Gasteiger partial charge in [-0.25, -0.2) is 9.59 Å². The number of hydrogen-bond acceptors (Lipinski definition) is 10. The number of carbonyl (C=O) groups excluding carboxylic acids is 4. The minimum Gasteiger partial charge on any atom is -0.487 e. The van der Waals surface area contributed by atoms with Crippen LogP contribution in [-0.4, -0.2) is 51.3 Å². The highest BCUT2D eigenvalue weighted by molar-refractivity contribution is 6.38. The smallest absolute Gasteiger partial charge is 0.375 e. The number of Topliss-reactive ketones (excluding diaryl/α,β-unsaturated/α-hetero) is 1. The van der Waals surface area contributed by atoms with Crippen LogP contribution in [0.1, 0.15) is 57.8 Å². The molecular weight excluding hydrogens is 484 g/mol. The summed E-state index contributed by atoms with van der Waals surface area (Å²) in [4.78, 5) is 52.1. The lowest BCUT2D eigenvalue weighted by molar-refractivity contribution is -0.158. The molecule has 0 saturated carbocycles. The van der Waals surface area contributed by atoms with E-state index in [1.807, 2.05) is 20.8 Å². The second-order valence-electron chi connectivity index (χ2n) is 9.82. The Morgan fingerprint density at radius 3 is 2.49 bits per heavy atom. The van der Waals surface area contributed by atoms with Crippen LogP contribution in [0.2, 0.25) is 0 Å². The molecule has 0 N–H and O–H groups in total. The van der Waals surface area contributed by atoms with Crippen LogP contribution < -0.4 is 14.2 Å². The zero-order valence-electron chi connectivity index (χ0n) is 21.9. The minimum atomic E-state index is -1.72. The Hall–Kier alpha value is -3.56. The highest BCUT2D eigenvalue weighted by Crippen LogP contribution is 2.59. The first-order valence-corrected chi connectivity index (χ1v) is 12.3. The highest BCUT2D eigenvalue weighted by Gasteiger charge is 2.58. The lowest BCUT2D eigenvalue weighted by Gasteiger charge is -2.39. The fraction of sp³-hybridized carbons (Fsp3) is 0.556. The van der Waals surface area contributed by atoms with Crippen LogP contribution in [0.5, 0.6) is 17.2 Å². The maximum absolute atomic E-state index is 13.9. The molecule has 10 heteroatoms. The molecule has 0 amide bonds. The van der Waals surface area contributed by atoms with Crippen molar-refractivity contribution in [2.45, 2.75) is 52.1 Å². The van der Waals surface area contributed by atoms with Crippen molar-refractivity contribution in [2.75, 3.05) is 27.6 Å². The van der Waals surface area contributed by atoms with Gasteiger partial charge in [-0.2, -0.15) is 0 Å². The molecule has 0 aromatic heterocycles. The summed E-state index contributed by atoms with van der Waals surface area (Å²) < 4.78 is 33.2. The maximum Gasteiger partial charge on any atom is 0.375 e. The molecule has 5 atom stereocenters. The van der Waals surface area contributed by atoms with E-state index >= 15 is 0 Å². The zero-order valence-corrected chi connectivity index (χ0v) is 21.9. The standard InChI is InChI=1S/C27H32O10/c1-7-13(2)25(30)37-21-15(4)14(3)8-16(9-19(28)32-5)27(24(29)26(31)33-6)11-34-23-20(27)17(21)10-18-22(23)36-12-35-18/h9-10,13-15,21H,7-8,11-12H2,1-6H3/t13-,14-,15-,21-,27-/m1/s1. The van der Waals surface area contributed by atoms with E-state index < -0.39 is 29.2 Å². The molecule has 2 aliphatic heterocycles. The van der Waals surface area contributed by atoms with Crippen molar-refractivity contribution in [3.63, 3.8) is 0 Å². The van der Waals surface area contributed by atoms with E-state index in [1.54, 1.807) is 13.0 Å². The molecule has 0 radical (unpaired) electrons. The Bertz CT molecular complexity index is 1170. The van der Waals surface area contributed by atoms with Crippen LogP contribution >= 0.6 is 0 Å². The van der Waals surface area contributed by atoms with Gasteiger partial charge in [-0.1, -0.05) is 27.7 Å². The van der Waals surface area contributed by atoms with E-state index in [0.29, 0.717) is 28.9 Å². The number of hydrogen-bond donors (Lipinski definition) is 0. The number of ketones is 1. The average molecular weight is 517 g/mol. The molecule has 3 aliphatic rings. The van der Waals surface area contributed by atoms with Crippen LogP contribution in [-0.2, 0) is 38.8 Å². The van der Waals surface area contributed by atoms with Gasteiger partial charge in [-0.05, 0) is 30.4 Å². The zero-order chi connectivity index (χ0) is 27.1.